The number of aromatic nitrogens is 2. The lowest BCUT2D eigenvalue weighted by Crippen LogP contribution is -2.29. The van der Waals surface area contributed by atoms with Crippen molar-refractivity contribution in [2.75, 3.05) is 0 Å². The molecule has 8 heteroatoms. The normalized spacial score (nSPS) is 18.1. The molecule has 1 fully saturated rings. The summed E-state index contributed by atoms with van der Waals surface area (Å²) in [6.45, 7) is 0.503. The Morgan fingerprint density at radius 3 is 2.56 bits per heavy atom. The molecule has 1 N–H and O–H groups in total. The van der Waals surface area contributed by atoms with Gasteiger partial charge >= 0.3 is 0 Å². The van der Waals surface area contributed by atoms with Crippen LogP contribution in [0.15, 0.2) is 88.0 Å². The Bertz CT molecular complexity index is 1250. The van der Waals surface area contributed by atoms with Crippen molar-refractivity contribution in [2.45, 2.75) is 18.6 Å². The van der Waals surface area contributed by atoms with Gasteiger partial charge in [-0.2, -0.15) is 0 Å². The number of pyridine rings is 2. The molecule has 1 aliphatic heterocycles. The second-order valence-corrected chi connectivity index (χ2v) is 8.70. The van der Waals surface area contributed by atoms with Crippen LogP contribution < -0.4 is 5.32 Å². The third-order valence-electron chi connectivity index (χ3n) is 5.37. The van der Waals surface area contributed by atoms with E-state index in [-0.39, 0.29) is 17.9 Å². The van der Waals surface area contributed by atoms with Crippen LogP contribution in [0.1, 0.15) is 29.2 Å². The first-order valence-electron chi connectivity index (χ1n) is 10.0. The minimum absolute atomic E-state index is 0.221. The second-order valence-electron chi connectivity index (χ2n) is 7.40. The first-order chi connectivity index (χ1) is 15.6. The Balaban J connectivity index is 1.55. The summed E-state index contributed by atoms with van der Waals surface area (Å²) in [4.78, 5) is 11.0. The average Bonchev–Trinajstić information content (AvgIpc) is 3.40. The number of nitrogens with one attached hydrogen (secondary N) is 1. The molecule has 3 aromatic heterocycles. The molecular formula is C24H18BrFN4OS. The predicted octanol–water partition coefficient (Wildman–Crippen LogP) is 5.81. The number of thiocarbonyl (C=S) groups is 1. The van der Waals surface area contributed by atoms with Crippen LogP contribution in [0.4, 0.5) is 4.39 Å². The zero-order valence-electron chi connectivity index (χ0n) is 16.8. The fraction of sp³-hybridized carbons (Fsp3) is 0.125. The van der Waals surface area contributed by atoms with Crippen molar-refractivity contribution in [1.29, 1.82) is 0 Å². The SMILES string of the molecule is Fc1cc(Br)ccc1-c1ccc([C@@H]2[C@@H](c3ccccn3)NC(=S)N2Cc2ccccn2)o1. The number of furan rings is 1. The monoisotopic (exact) mass is 508 g/mol. The third-order valence-corrected chi connectivity index (χ3v) is 6.22. The van der Waals surface area contributed by atoms with Crippen molar-refractivity contribution in [1.82, 2.24) is 20.2 Å². The molecule has 1 aliphatic rings. The largest absolute Gasteiger partial charge is 0.459 e. The topological polar surface area (TPSA) is 54.2 Å². The Hall–Kier alpha value is -3.10. The number of nitrogens with zero attached hydrogens (tertiary/aromatic N) is 3. The van der Waals surface area contributed by atoms with Crippen molar-refractivity contribution in [2.24, 2.45) is 0 Å². The first-order valence-corrected chi connectivity index (χ1v) is 11.2. The quantitative estimate of drug-likeness (QED) is 0.343. The molecule has 5 rings (SSSR count). The van der Waals surface area contributed by atoms with Gasteiger partial charge in [0, 0.05) is 16.9 Å². The fourth-order valence-corrected chi connectivity index (χ4v) is 4.54. The molecule has 5 nitrogen and oxygen atoms in total. The number of halogens is 2. The highest BCUT2D eigenvalue weighted by Crippen LogP contribution is 2.41. The molecule has 4 aromatic rings. The van der Waals surface area contributed by atoms with Gasteiger partial charge in [0.2, 0.25) is 0 Å². The standard InChI is InChI=1S/C24H18BrFN4OS/c25-15-7-8-17(18(26)13-15)20-9-10-21(31-20)23-22(19-6-2-4-12-28-19)29-24(32)30(23)14-16-5-1-3-11-27-16/h1-13,22-23H,14H2,(H,29,32)/t22-,23-/m1/s1. The third kappa shape index (κ3) is 4.03. The van der Waals surface area contributed by atoms with E-state index in [0.29, 0.717) is 33.2 Å². The summed E-state index contributed by atoms with van der Waals surface area (Å²) < 4.78 is 21.4. The zero-order chi connectivity index (χ0) is 22.1. The Morgan fingerprint density at radius 1 is 1.03 bits per heavy atom. The van der Waals surface area contributed by atoms with E-state index in [0.717, 1.165) is 11.4 Å². The second kappa shape index (κ2) is 8.80. The van der Waals surface area contributed by atoms with Gasteiger partial charge in [0.25, 0.3) is 0 Å². The number of benzene rings is 1. The molecule has 32 heavy (non-hydrogen) atoms. The van der Waals surface area contributed by atoms with Crippen LogP contribution >= 0.6 is 28.1 Å². The molecule has 4 heterocycles. The summed E-state index contributed by atoms with van der Waals surface area (Å²) in [5.41, 5.74) is 2.13. The van der Waals surface area contributed by atoms with Crippen LogP contribution in [0.25, 0.3) is 11.3 Å². The van der Waals surface area contributed by atoms with Crippen molar-refractivity contribution in [3.63, 3.8) is 0 Å². The van der Waals surface area contributed by atoms with Gasteiger partial charge in [-0.25, -0.2) is 4.39 Å². The van der Waals surface area contributed by atoms with E-state index in [1.54, 1.807) is 30.6 Å². The molecule has 0 radical (unpaired) electrons. The van der Waals surface area contributed by atoms with Crippen LogP contribution in [-0.2, 0) is 6.54 Å². The minimum atomic E-state index is -0.355. The number of rotatable bonds is 5. The van der Waals surface area contributed by atoms with Gasteiger partial charge in [-0.1, -0.05) is 28.1 Å². The molecule has 2 atom stereocenters. The van der Waals surface area contributed by atoms with E-state index in [4.69, 9.17) is 16.6 Å². The van der Waals surface area contributed by atoms with Crippen LogP contribution in [0.3, 0.4) is 0 Å². The van der Waals surface area contributed by atoms with Crippen molar-refractivity contribution < 1.29 is 8.81 Å². The van der Waals surface area contributed by atoms with Crippen LogP contribution in [-0.4, -0.2) is 20.0 Å². The number of hydrogen-bond acceptors (Lipinski definition) is 4. The fourth-order valence-electron chi connectivity index (χ4n) is 3.90. The molecule has 1 aromatic carbocycles. The maximum Gasteiger partial charge on any atom is 0.170 e. The van der Waals surface area contributed by atoms with Crippen LogP contribution in [0, 0.1) is 5.82 Å². The van der Waals surface area contributed by atoms with Gasteiger partial charge < -0.3 is 14.6 Å². The van der Waals surface area contributed by atoms with Crippen LogP contribution in [0.2, 0.25) is 0 Å². The molecule has 160 valence electrons. The molecule has 0 unspecified atom stereocenters. The van der Waals surface area contributed by atoms with E-state index in [1.807, 2.05) is 47.4 Å². The lowest BCUT2D eigenvalue weighted by molar-refractivity contribution is 0.267. The maximum atomic E-state index is 14.5. The van der Waals surface area contributed by atoms with Crippen molar-refractivity contribution in [3.05, 3.63) is 107 Å². The molecule has 0 amide bonds. The van der Waals surface area contributed by atoms with E-state index in [1.165, 1.54) is 6.07 Å². The summed E-state index contributed by atoms with van der Waals surface area (Å²) >= 11 is 8.98. The van der Waals surface area contributed by atoms with Gasteiger partial charge in [0.1, 0.15) is 23.4 Å². The van der Waals surface area contributed by atoms with Gasteiger partial charge in [-0.05, 0) is 66.8 Å². The molecule has 0 spiro atoms. The van der Waals surface area contributed by atoms with Gasteiger partial charge in [-0.3, -0.25) is 9.97 Å². The highest BCUT2D eigenvalue weighted by molar-refractivity contribution is 9.10. The van der Waals surface area contributed by atoms with Crippen molar-refractivity contribution >= 4 is 33.3 Å². The highest BCUT2D eigenvalue weighted by Gasteiger charge is 2.41. The first kappa shape index (κ1) is 20.8. The summed E-state index contributed by atoms with van der Waals surface area (Å²) in [5, 5.41) is 3.97. The highest BCUT2D eigenvalue weighted by atomic mass is 79.9. The van der Waals surface area contributed by atoms with Gasteiger partial charge in [0.15, 0.2) is 5.11 Å². The molecular weight excluding hydrogens is 491 g/mol. The summed E-state index contributed by atoms with van der Waals surface area (Å²) in [7, 11) is 0. The summed E-state index contributed by atoms with van der Waals surface area (Å²) in [6, 6.07) is 19.6. The summed E-state index contributed by atoms with van der Waals surface area (Å²) in [6.07, 6.45) is 3.51. The Labute approximate surface area is 198 Å². The zero-order valence-corrected chi connectivity index (χ0v) is 19.2. The van der Waals surface area contributed by atoms with Gasteiger partial charge in [-0.15, -0.1) is 0 Å². The summed E-state index contributed by atoms with van der Waals surface area (Å²) in [5.74, 6) is 0.772. The molecule has 1 saturated heterocycles. The van der Waals surface area contributed by atoms with E-state index in [9.17, 15) is 4.39 Å². The lowest BCUT2D eigenvalue weighted by atomic mass is 10.0. The van der Waals surface area contributed by atoms with E-state index in [2.05, 4.69) is 31.2 Å². The average molecular weight is 509 g/mol. The van der Waals surface area contributed by atoms with Crippen LogP contribution in [0.5, 0.6) is 0 Å². The molecule has 0 bridgehead atoms. The smallest absolute Gasteiger partial charge is 0.170 e. The van der Waals surface area contributed by atoms with E-state index >= 15 is 0 Å². The van der Waals surface area contributed by atoms with Crippen molar-refractivity contribution in [3.8, 4) is 11.3 Å². The molecule has 0 saturated carbocycles. The maximum absolute atomic E-state index is 14.5. The lowest BCUT2D eigenvalue weighted by Gasteiger charge is -2.25. The number of hydrogen-bond donors (Lipinski definition) is 1. The Morgan fingerprint density at radius 2 is 1.84 bits per heavy atom. The Kier molecular flexibility index (Phi) is 5.71. The van der Waals surface area contributed by atoms with E-state index < -0.39 is 0 Å². The minimum Gasteiger partial charge on any atom is -0.459 e. The van der Waals surface area contributed by atoms with Gasteiger partial charge in [0.05, 0.1) is 29.5 Å². The predicted molar refractivity (Wildman–Crippen MR) is 127 cm³/mol. The molecule has 0 aliphatic carbocycles.